The van der Waals surface area contributed by atoms with E-state index in [2.05, 4.69) is 10.5 Å². The van der Waals surface area contributed by atoms with Gasteiger partial charge in [-0.25, -0.2) is 8.42 Å². The zero-order valence-electron chi connectivity index (χ0n) is 12.2. The molecule has 6 nitrogen and oxygen atoms in total. The van der Waals surface area contributed by atoms with Crippen molar-refractivity contribution in [1.82, 2.24) is 14.8 Å². The second kappa shape index (κ2) is 5.33. The fourth-order valence-electron chi connectivity index (χ4n) is 3.50. The largest absolute Gasteiger partial charge is 0.356 e. The van der Waals surface area contributed by atoms with E-state index in [0.717, 1.165) is 18.2 Å². The minimum Gasteiger partial charge on any atom is -0.356 e. The number of para-hydroxylation sites is 1. The van der Waals surface area contributed by atoms with Crippen LogP contribution in [-0.2, 0) is 15.8 Å². The van der Waals surface area contributed by atoms with Crippen molar-refractivity contribution >= 4 is 21.0 Å². The SMILES string of the molecule is O=S(=O)(Cc1noc2ccccc12)N1CC2CCCC(C1)N2. The Hall–Kier alpha value is -1.44. The number of nitrogens with one attached hydrogen (secondary N) is 1. The predicted molar refractivity (Wildman–Crippen MR) is 82.8 cm³/mol. The van der Waals surface area contributed by atoms with Crippen LogP contribution in [-0.4, -0.2) is 43.1 Å². The van der Waals surface area contributed by atoms with E-state index in [9.17, 15) is 8.42 Å². The van der Waals surface area contributed by atoms with Gasteiger partial charge in [0.05, 0.1) is 0 Å². The molecule has 2 unspecified atom stereocenters. The summed E-state index contributed by atoms with van der Waals surface area (Å²) in [5.41, 5.74) is 1.13. The number of aromatic nitrogens is 1. The van der Waals surface area contributed by atoms with Crippen LogP contribution < -0.4 is 5.32 Å². The van der Waals surface area contributed by atoms with Gasteiger partial charge in [0, 0.05) is 30.6 Å². The maximum atomic E-state index is 12.7. The van der Waals surface area contributed by atoms with Crippen LogP contribution in [0.1, 0.15) is 25.0 Å². The summed E-state index contributed by atoms with van der Waals surface area (Å²) in [5.74, 6) is -0.0938. The smallest absolute Gasteiger partial charge is 0.220 e. The lowest BCUT2D eigenvalue weighted by atomic mass is 9.96. The fourth-order valence-corrected chi connectivity index (χ4v) is 5.05. The summed E-state index contributed by atoms with van der Waals surface area (Å²) in [6.07, 6.45) is 3.29. The first-order valence-corrected chi connectivity index (χ1v) is 9.30. The highest BCUT2D eigenvalue weighted by atomic mass is 32.2. The molecule has 0 aliphatic carbocycles. The normalized spacial score (nSPS) is 26.4. The van der Waals surface area contributed by atoms with Gasteiger partial charge in [0.1, 0.15) is 11.4 Å². The van der Waals surface area contributed by atoms with E-state index in [1.807, 2.05) is 18.2 Å². The zero-order valence-corrected chi connectivity index (χ0v) is 13.1. The molecule has 1 aromatic carbocycles. The van der Waals surface area contributed by atoms with E-state index in [-0.39, 0.29) is 17.8 Å². The predicted octanol–water partition coefficient (Wildman–Crippen LogP) is 1.48. The van der Waals surface area contributed by atoms with Crippen molar-refractivity contribution in [2.24, 2.45) is 0 Å². The summed E-state index contributed by atoms with van der Waals surface area (Å²) >= 11 is 0. The number of benzene rings is 1. The first kappa shape index (κ1) is 14.2. The number of hydrogen-bond donors (Lipinski definition) is 1. The Balaban J connectivity index is 1.58. The van der Waals surface area contributed by atoms with Gasteiger partial charge >= 0.3 is 0 Å². The third-order valence-corrected chi connectivity index (χ3v) is 6.31. The standard InChI is InChI=1S/C15H19N3O3S/c19-22(20,18-8-11-4-3-5-12(9-18)16-11)10-14-13-6-1-2-7-15(13)21-17-14/h1-2,6-7,11-12,16H,3-5,8-10H2. The Kier molecular flexibility index (Phi) is 3.43. The van der Waals surface area contributed by atoms with Crippen LogP contribution in [0, 0.1) is 0 Å². The van der Waals surface area contributed by atoms with Crippen molar-refractivity contribution in [3.8, 4) is 0 Å². The second-order valence-corrected chi connectivity index (χ2v) is 8.16. The minimum atomic E-state index is -3.37. The van der Waals surface area contributed by atoms with E-state index < -0.39 is 10.0 Å². The van der Waals surface area contributed by atoms with Crippen molar-refractivity contribution in [1.29, 1.82) is 0 Å². The minimum absolute atomic E-state index is 0.0938. The highest BCUT2D eigenvalue weighted by Gasteiger charge is 2.36. The van der Waals surface area contributed by atoms with E-state index in [0.29, 0.717) is 24.4 Å². The molecule has 1 aromatic heterocycles. The molecular formula is C15H19N3O3S. The van der Waals surface area contributed by atoms with Gasteiger partial charge in [-0.3, -0.25) is 0 Å². The van der Waals surface area contributed by atoms with Crippen LogP contribution in [0.2, 0.25) is 0 Å². The van der Waals surface area contributed by atoms with Gasteiger partial charge < -0.3 is 9.84 Å². The number of piperazine rings is 1. The lowest BCUT2D eigenvalue weighted by Crippen LogP contribution is -2.59. The number of hydrogen-bond acceptors (Lipinski definition) is 5. The number of nitrogens with zero attached hydrogens (tertiary/aromatic N) is 2. The molecule has 7 heteroatoms. The summed E-state index contributed by atoms with van der Waals surface area (Å²) in [6.45, 7) is 1.13. The Morgan fingerprint density at radius 1 is 1.23 bits per heavy atom. The van der Waals surface area contributed by atoms with E-state index in [1.165, 1.54) is 6.42 Å². The monoisotopic (exact) mass is 321 g/mol. The molecule has 0 radical (unpaired) electrons. The molecule has 22 heavy (non-hydrogen) atoms. The van der Waals surface area contributed by atoms with Crippen LogP contribution in [0.25, 0.3) is 11.0 Å². The van der Waals surface area contributed by atoms with Crippen molar-refractivity contribution < 1.29 is 12.9 Å². The molecule has 118 valence electrons. The van der Waals surface area contributed by atoms with E-state index in [4.69, 9.17) is 4.52 Å². The first-order chi connectivity index (χ1) is 10.6. The van der Waals surface area contributed by atoms with Crippen molar-refractivity contribution in [3.63, 3.8) is 0 Å². The number of piperidine rings is 1. The highest BCUT2D eigenvalue weighted by molar-refractivity contribution is 7.88. The fraction of sp³-hybridized carbons (Fsp3) is 0.533. The van der Waals surface area contributed by atoms with Crippen LogP contribution in [0.15, 0.2) is 28.8 Å². The average molecular weight is 321 g/mol. The first-order valence-electron chi connectivity index (χ1n) is 7.69. The Labute approximate surface area is 129 Å². The summed E-state index contributed by atoms with van der Waals surface area (Å²) in [5, 5.41) is 8.23. The average Bonchev–Trinajstić information content (AvgIpc) is 2.90. The second-order valence-electron chi connectivity index (χ2n) is 6.19. The Bertz CT molecular complexity index is 774. The quantitative estimate of drug-likeness (QED) is 0.927. The van der Waals surface area contributed by atoms with Crippen molar-refractivity contribution in [2.75, 3.05) is 13.1 Å². The molecule has 2 atom stereocenters. The molecule has 4 rings (SSSR count). The van der Waals surface area contributed by atoms with Gasteiger partial charge in [-0.05, 0) is 25.0 Å². The lowest BCUT2D eigenvalue weighted by Gasteiger charge is -2.41. The molecule has 2 bridgehead atoms. The molecular weight excluding hydrogens is 302 g/mol. The van der Waals surface area contributed by atoms with Crippen molar-refractivity contribution in [2.45, 2.75) is 37.1 Å². The summed E-state index contributed by atoms with van der Waals surface area (Å²) < 4.78 is 32.3. The van der Waals surface area contributed by atoms with Crippen LogP contribution >= 0.6 is 0 Å². The molecule has 2 saturated heterocycles. The van der Waals surface area contributed by atoms with Gasteiger partial charge in [0.25, 0.3) is 0 Å². The molecule has 0 amide bonds. The van der Waals surface area contributed by atoms with Crippen LogP contribution in [0.5, 0.6) is 0 Å². The summed E-state index contributed by atoms with van der Waals surface area (Å²) in [6, 6.07) is 7.94. The third kappa shape index (κ3) is 2.53. The van der Waals surface area contributed by atoms with E-state index in [1.54, 1.807) is 10.4 Å². The Morgan fingerprint density at radius 3 is 2.73 bits per heavy atom. The van der Waals surface area contributed by atoms with Gasteiger partial charge in [-0.1, -0.05) is 23.7 Å². The summed E-state index contributed by atoms with van der Waals surface area (Å²) in [4.78, 5) is 0. The molecule has 2 aliphatic heterocycles. The lowest BCUT2D eigenvalue weighted by molar-refractivity contribution is 0.190. The topological polar surface area (TPSA) is 75.4 Å². The summed E-state index contributed by atoms with van der Waals surface area (Å²) in [7, 11) is -3.37. The maximum Gasteiger partial charge on any atom is 0.220 e. The third-order valence-electron chi connectivity index (χ3n) is 4.59. The van der Waals surface area contributed by atoms with E-state index >= 15 is 0 Å². The number of rotatable bonds is 3. The molecule has 2 aliphatic rings. The van der Waals surface area contributed by atoms with Crippen molar-refractivity contribution in [3.05, 3.63) is 30.0 Å². The number of sulfonamides is 1. The van der Waals surface area contributed by atoms with Crippen LogP contribution in [0.4, 0.5) is 0 Å². The van der Waals surface area contributed by atoms with Gasteiger partial charge in [0.2, 0.25) is 10.0 Å². The zero-order chi connectivity index (χ0) is 15.2. The van der Waals surface area contributed by atoms with Gasteiger partial charge in [-0.2, -0.15) is 4.31 Å². The molecule has 3 heterocycles. The molecule has 1 N–H and O–H groups in total. The maximum absolute atomic E-state index is 12.7. The molecule has 0 spiro atoms. The molecule has 2 aromatic rings. The van der Waals surface area contributed by atoms with Gasteiger partial charge in [-0.15, -0.1) is 0 Å². The Morgan fingerprint density at radius 2 is 1.95 bits per heavy atom. The molecule has 0 saturated carbocycles. The van der Waals surface area contributed by atoms with Crippen LogP contribution in [0.3, 0.4) is 0 Å². The molecule has 2 fully saturated rings. The highest BCUT2D eigenvalue weighted by Crippen LogP contribution is 2.25. The number of fused-ring (bicyclic) bond motifs is 3. The van der Waals surface area contributed by atoms with Gasteiger partial charge in [0.15, 0.2) is 5.58 Å².